The van der Waals surface area contributed by atoms with Gasteiger partial charge in [-0.25, -0.2) is 4.79 Å². The lowest BCUT2D eigenvalue weighted by atomic mass is 9.82. The third-order valence-corrected chi connectivity index (χ3v) is 3.07. The SMILES string of the molecule is CC12COCC1NC(=O)N(CC(F)(F)F)C2=O. The first kappa shape index (κ1) is 12.2. The van der Waals surface area contributed by atoms with Crippen LogP contribution in [0.2, 0.25) is 0 Å². The van der Waals surface area contributed by atoms with Crippen LogP contribution in [0.15, 0.2) is 0 Å². The van der Waals surface area contributed by atoms with E-state index in [1.54, 1.807) is 0 Å². The smallest absolute Gasteiger partial charge is 0.378 e. The van der Waals surface area contributed by atoms with Crippen molar-refractivity contribution in [2.45, 2.75) is 19.1 Å². The topological polar surface area (TPSA) is 58.6 Å². The maximum atomic E-state index is 12.3. The van der Waals surface area contributed by atoms with E-state index in [2.05, 4.69) is 5.32 Å². The molecule has 0 aliphatic carbocycles. The molecule has 2 saturated heterocycles. The summed E-state index contributed by atoms with van der Waals surface area (Å²) in [5.74, 6) is -0.832. The summed E-state index contributed by atoms with van der Waals surface area (Å²) in [7, 11) is 0. The Labute approximate surface area is 94.9 Å². The van der Waals surface area contributed by atoms with Gasteiger partial charge in [0.05, 0.1) is 24.7 Å². The van der Waals surface area contributed by atoms with Crippen LogP contribution in [0.1, 0.15) is 6.92 Å². The van der Waals surface area contributed by atoms with E-state index in [1.165, 1.54) is 6.92 Å². The van der Waals surface area contributed by atoms with E-state index in [4.69, 9.17) is 4.74 Å². The third kappa shape index (κ3) is 1.97. The average molecular weight is 252 g/mol. The molecule has 0 aromatic heterocycles. The summed E-state index contributed by atoms with van der Waals surface area (Å²) in [6.45, 7) is 0.0920. The fraction of sp³-hybridized carbons (Fsp3) is 0.778. The van der Waals surface area contributed by atoms with Crippen LogP contribution in [0.5, 0.6) is 0 Å². The number of amides is 3. The summed E-state index contributed by atoms with van der Waals surface area (Å²) in [4.78, 5) is 23.5. The van der Waals surface area contributed by atoms with E-state index in [9.17, 15) is 22.8 Å². The standard InChI is InChI=1S/C9H11F3N2O3/c1-8-4-17-2-5(8)13-7(16)14(6(8)15)3-9(10,11)12/h5H,2-4H2,1H3,(H,13,16). The number of nitrogens with zero attached hydrogens (tertiary/aromatic N) is 1. The van der Waals surface area contributed by atoms with Crippen LogP contribution in [-0.2, 0) is 9.53 Å². The minimum absolute atomic E-state index is 0.0190. The Kier molecular flexibility index (Phi) is 2.57. The van der Waals surface area contributed by atoms with Crippen LogP contribution in [0, 0.1) is 5.41 Å². The molecule has 8 heteroatoms. The molecule has 2 atom stereocenters. The van der Waals surface area contributed by atoms with Gasteiger partial charge in [0.25, 0.3) is 0 Å². The number of nitrogens with one attached hydrogen (secondary N) is 1. The largest absolute Gasteiger partial charge is 0.406 e. The second-order valence-corrected chi connectivity index (χ2v) is 4.44. The normalized spacial score (nSPS) is 33.6. The molecule has 2 fully saturated rings. The van der Waals surface area contributed by atoms with Gasteiger partial charge in [0.1, 0.15) is 6.54 Å². The van der Waals surface area contributed by atoms with Gasteiger partial charge in [-0.05, 0) is 6.92 Å². The van der Waals surface area contributed by atoms with Crippen molar-refractivity contribution in [2.75, 3.05) is 19.8 Å². The Bertz CT molecular complexity index is 371. The molecule has 2 aliphatic rings. The van der Waals surface area contributed by atoms with Gasteiger partial charge in [-0.2, -0.15) is 13.2 Å². The number of hydrogen-bond acceptors (Lipinski definition) is 3. The second kappa shape index (κ2) is 3.59. The third-order valence-electron chi connectivity index (χ3n) is 3.07. The van der Waals surface area contributed by atoms with Gasteiger partial charge >= 0.3 is 12.2 Å². The lowest BCUT2D eigenvalue weighted by Crippen LogP contribution is -2.65. The lowest BCUT2D eigenvalue weighted by molar-refractivity contribution is -0.164. The number of halogens is 3. The molecule has 2 rings (SSSR count). The van der Waals surface area contributed by atoms with Crippen molar-refractivity contribution in [1.29, 1.82) is 0 Å². The zero-order valence-electron chi connectivity index (χ0n) is 9.00. The highest BCUT2D eigenvalue weighted by Gasteiger charge is 2.55. The molecular weight excluding hydrogens is 241 g/mol. The van der Waals surface area contributed by atoms with E-state index >= 15 is 0 Å². The highest BCUT2D eigenvalue weighted by atomic mass is 19.4. The van der Waals surface area contributed by atoms with Gasteiger partial charge in [0, 0.05) is 0 Å². The minimum atomic E-state index is -4.60. The highest BCUT2D eigenvalue weighted by molar-refractivity contribution is 6.01. The van der Waals surface area contributed by atoms with Crippen molar-refractivity contribution in [3.8, 4) is 0 Å². The Morgan fingerprint density at radius 3 is 2.76 bits per heavy atom. The molecule has 2 aliphatic heterocycles. The van der Waals surface area contributed by atoms with E-state index < -0.39 is 36.1 Å². The Hall–Kier alpha value is -1.31. The zero-order chi connectivity index (χ0) is 12.8. The molecule has 0 saturated carbocycles. The van der Waals surface area contributed by atoms with E-state index in [0.717, 1.165) is 0 Å². The summed E-state index contributed by atoms with van der Waals surface area (Å²) >= 11 is 0. The van der Waals surface area contributed by atoms with Crippen molar-refractivity contribution in [1.82, 2.24) is 10.2 Å². The lowest BCUT2D eigenvalue weighted by Gasteiger charge is -2.39. The number of carbonyl (C=O) groups is 2. The average Bonchev–Trinajstić information content (AvgIpc) is 2.55. The van der Waals surface area contributed by atoms with Crippen molar-refractivity contribution in [3.63, 3.8) is 0 Å². The van der Waals surface area contributed by atoms with Crippen LogP contribution in [0.4, 0.5) is 18.0 Å². The second-order valence-electron chi connectivity index (χ2n) is 4.44. The summed E-state index contributed by atoms with van der Waals surface area (Å²) < 4.78 is 41.8. The molecule has 2 heterocycles. The van der Waals surface area contributed by atoms with Crippen molar-refractivity contribution in [3.05, 3.63) is 0 Å². The molecular formula is C9H11F3N2O3. The van der Waals surface area contributed by atoms with Crippen molar-refractivity contribution in [2.24, 2.45) is 5.41 Å². The molecule has 0 spiro atoms. The van der Waals surface area contributed by atoms with Crippen LogP contribution in [0.25, 0.3) is 0 Å². The number of rotatable bonds is 1. The van der Waals surface area contributed by atoms with Gasteiger partial charge < -0.3 is 10.1 Å². The maximum Gasteiger partial charge on any atom is 0.406 e. The molecule has 0 radical (unpaired) electrons. The number of ether oxygens (including phenoxy) is 1. The zero-order valence-corrected chi connectivity index (χ0v) is 9.00. The first-order valence-electron chi connectivity index (χ1n) is 5.01. The molecule has 0 aromatic carbocycles. The Morgan fingerprint density at radius 2 is 2.18 bits per heavy atom. The number of carbonyl (C=O) groups excluding carboxylic acids is 2. The van der Waals surface area contributed by atoms with E-state index in [1.807, 2.05) is 0 Å². The summed E-state index contributed by atoms with van der Waals surface area (Å²) in [5, 5.41) is 2.36. The van der Waals surface area contributed by atoms with Gasteiger partial charge in [-0.1, -0.05) is 0 Å². The first-order valence-corrected chi connectivity index (χ1v) is 5.01. The van der Waals surface area contributed by atoms with Crippen LogP contribution < -0.4 is 5.32 Å². The number of urea groups is 1. The first-order chi connectivity index (χ1) is 7.74. The maximum absolute atomic E-state index is 12.3. The Morgan fingerprint density at radius 1 is 1.53 bits per heavy atom. The van der Waals surface area contributed by atoms with Crippen molar-refractivity contribution < 1.29 is 27.5 Å². The van der Waals surface area contributed by atoms with Gasteiger partial charge in [0.15, 0.2) is 0 Å². The molecule has 2 unspecified atom stereocenters. The number of hydrogen-bond donors (Lipinski definition) is 1. The van der Waals surface area contributed by atoms with Crippen LogP contribution in [0.3, 0.4) is 0 Å². The molecule has 17 heavy (non-hydrogen) atoms. The highest BCUT2D eigenvalue weighted by Crippen LogP contribution is 2.35. The van der Waals surface area contributed by atoms with E-state index in [-0.39, 0.29) is 18.1 Å². The van der Waals surface area contributed by atoms with Crippen LogP contribution >= 0.6 is 0 Å². The van der Waals surface area contributed by atoms with Gasteiger partial charge in [-0.3, -0.25) is 9.69 Å². The summed E-state index contributed by atoms with van der Waals surface area (Å²) in [5.41, 5.74) is -1.10. The number of imide groups is 1. The Balaban J connectivity index is 2.23. The predicted molar refractivity (Wildman–Crippen MR) is 49.0 cm³/mol. The fourth-order valence-corrected chi connectivity index (χ4v) is 2.04. The molecule has 3 amide bonds. The molecule has 5 nitrogen and oxygen atoms in total. The molecule has 0 bridgehead atoms. The van der Waals surface area contributed by atoms with E-state index in [0.29, 0.717) is 0 Å². The summed E-state index contributed by atoms with van der Waals surface area (Å²) in [6, 6.07) is -1.56. The minimum Gasteiger partial charge on any atom is -0.378 e. The molecule has 0 aromatic rings. The van der Waals surface area contributed by atoms with Gasteiger partial charge in [0.2, 0.25) is 5.91 Å². The number of fused-ring (bicyclic) bond motifs is 1. The quantitative estimate of drug-likeness (QED) is 0.739. The van der Waals surface area contributed by atoms with Gasteiger partial charge in [-0.15, -0.1) is 0 Å². The molecule has 96 valence electrons. The number of alkyl halides is 3. The monoisotopic (exact) mass is 252 g/mol. The van der Waals surface area contributed by atoms with Crippen LogP contribution in [-0.4, -0.2) is 48.8 Å². The summed E-state index contributed by atoms with van der Waals surface area (Å²) in [6.07, 6.45) is -4.60. The predicted octanol–water partition coefficient (Wildman–Crippen LogP) is 0.506. The molecule has 1 N–H and O–H groups in total. The van der Waals surface area contributed by atoms with Crippen molar-refractivity contribution >= 4 is 11.9 Å². The fourth-order valence-electron chi connectivity index (χ4n) is 2.04.